The lowest BCUT2D eigenvalue weighted by Gasteiger charge is -2.13. The smallest absolute Gasteiger partial charge is 0.241 e. The van der Waals surface area contributed by atoms with Gasteiger partial charge in [-0.25, -0.2) is 21.6 Å². The number of hydrogen-bond donors (Lipinski definition) is 2. The van der Waals surface area contributed by atoms with Gasteiger partial charge in [0.15, 0.2) is 9.84 Å². The Labute approximate surface area is 178 Å². The van der Waals surface area contributed by atoms with Gasteiger partial charge in [-0.2, -0.15) is 0 Å². The highest BCUT2D eigenvalue weighted by atomic mass is 32.2. The fraction of sp³-hybridized carbons (Fsp3) is 0.381. The molecule has 2 aromatic rings. The van der Waals surface area contributed by atoms with E-state index in [0.29, 0.717) is 11.1 Å². The molecule has 0 radical (unpaired) electrons. The number of amides is 1. The second-order valence-electron chi connectivity index (χ2n) is 7.21. The Hall–Kier alpha value is -2.23. The van der Waals surface area contributed by atoms with Gasteiger partial charge in [0.25, 0.3) is 0 Å². The average molecular weight is 453 g/mol. The third-order valence-electron chi connectivity index (χ3n) is 4.53. The molecule has 1 amide bonds. The molecule has 2 rings (SSSR count). The van der Waals surface area contributed by atoms with Crippen molar-refractivity contribution in [3.05, 3.63) is 59.2 Å². The molecule has 0 fully saturated rings. The molecule has 0 aliphatic rings. The summed E-state index contributed by atoms with van der Waals surface area (Å²) in [5.41, 5.74) is 2.30. The molecular weight excluding hydrogens is 424 g/mol. The van der Waals surface area contributed by atoms with E-state index < -0.39 is 19.9 Å². The highest BCUT2D eigenvalue weighted by molar-refractivity contribution is 7.91. The van der Waals surface area contributed by atoms with Gasteiger partial charge in [-0.1, -0.05) is 35.9 Å². The lowest BCUT2D eigenvalue weighted by atomic mass is 10.1. The molecule has 0 bridgehead atoms. The largest absolute Gasteiger partial charge is 0.356 e. The van der Waals surface area contributed by atoms with Crippen molar-refractivity contribution in [3.8, 4) is 0 Å². The van der Waals surface area contributed by atoms with Gasteiger partial charge in [0.05, 0.1) is 15.5 Å². The molecule has 0 heterocycles. The van der Waals surface area contributed by atoms with Gasteiger partial charge in [0.1, 0.15) is 0 Å². The van der Waals surface area contributed by atoms with E-state index in [1.807, 2.05) is 6.92 Å². The number of benzene rings is 2. The maximum atomic E-state index is 12.6. The summed E-state index contributed by atoms with van der Waals surface area (Å²) in [6, 6.07) is 11.8. The van der Waals surface area contributed by atoms with Crippen molar-refractivity contribution in [3.63, 3.8) is 0 Å². The highest BCUT2D eigenvalue weighted by Gasteiger charge is 2.20. The quantitative estimate of drug-likeness (QED) is 0.538. The van der Waals surface area contributed by atoms with E-state index in [9.17, 15) is 21.6 Å². The van der Waals surface area contributed by atoms with Gasteiger partial charge in [0, 0.05) is 19.5 Å². The summed E-state index contributed by atoms with van der Waals surface area (Å²) in [5, 5.41) is 2.62. The molecule has 0 atom stereocenters. The van der Waals surface area contributed by atoms with Crippen LogP contribution in [-0.4, -0.2) is 41.6 Å². The van der Waals surface area contributed by atoms with Crippen molar-refractivity contribution in [2.75, 3.05) is 18.8 Å². The first-order chi connectivity index (χ1) is 14.0. The van der Waals surface area contributed by atoms with Crippen molar-refractivity contribution < 1.29 is 21.6 Å². The number of carbonyl (C=O) groups excluding carboxylic acids is 1. The predicted octanol–water partition coefficient (Wildman–Crippen LogP) is 2.26. The number of sulfone groups is 1. The molecule has 164 valence electrons. The second kappa shape index (κ2) is 10.2. The van der Waals surface area contributed by atoms with E-state index in [-0.39, 0.29) is 47.4 Å². The van der Waals surface area contributed by atoms with Crippen LogP contribution >= 0.6 is 0 Å². The molecule has 0 unspecified atom stereocenters. The van der Waals surface area contributed by atoms with Crippen molar-refractivity contribution in [2.24, 2.45) is 0 Å². The van der Waals surface area contributed by atoms with Crippen LogP contribution in [0.4, 0.5) is 0 Å². The Morgan fingerprint density at radius 1 is 0.900 bits per heavy atom. The maximum absolute atomic E-state index is 12.6. The van der Waals surface area contributed by atoms with Crippen LogP contribution in [0.5, 0.6) is 0 Å². The lowest BCUT2D eigenvalue weighted by molar-refractivity contribution is -0.120. The summed E-state index contributed by atoms with van der Waals surface area (Å²) in [7, 11) is -7.10. The van der Waals surface area contributed by atoms with Crippen LogP contribution in [0.15, 0.2) is 52.3 Å². The molecule has 0 aromatic heterocycles. The fourth-order valence-corrected chi connectivity index (χ4v) is 6.10. The molecule has 2 N–H and O–H groups in total. The lowest BCUT2D eigenvalue weighted by Crippen LogP contribution is -2.32. The molecule has 0 aliphatic carbocycles. The summed E-state index contributed by atoms with van der Waals surface area (Å²) in [6.45, 7) is 5.55. The zero-order valence-electron chi connectivity index (χ0n) is 17.4. The SMILES string of the molecule is Cc1cc(C)c(S(=O)(=O)NCCC(=O)NCCCS(=O)(=O)c2ccccc2)c(C)c1. The summed E-state index contributed by atoms with van der Waals surface area (Å²) in [5.74, 6) is -0.414. The van der Waals surface area contributed by atoms with Crippen LogP contribution in [0.1, 0.15) is 29.5 Å². The van der Waals surface area contributed by atoms with Crippen molar-refractivity contribution >= 4 is 25.8 Å². The Morgan fingerprint density at radius 3 is 2.10 bits per heavy atom. The molecule has 2 aromatic carbocycles. The second-order valence-corrected chi connectivity index (χ2v) is 11.0. The van der Waals surface area contributed by atoms with Crippen molar-refractivity contribution in [2.45, 2.75) is 43.4 Å². The van der Waals surface area contributed by atoms with Crippen molar-refractivity contribution in [1.82, 2.24) is 10.0 Å². The molecule has 0 spiro atoms. The van der Waals surface area contributed by atoms with Gasteiger partial charge >= 0.3 is 0 Å². The third kappa shape index (κ3) is 6.65. The van der Waals surface area contributed by atoms with Gasteiger partial charge < -0.3 is 5.32 Å². The first-order valence-corrected chi connectivity index (χ1v) is 12.8. The normalized spacial score (nSPS) is 12.0. The average Bonchev–Trinajstić information content (AvgIpc) is 2.64. The number of carbonyl (C=O) groups is 1. The van der Waals surface area contributed by atoms with Gasteiger partial charge in [-0.3, -0.25) is 4.79 Å². The standard InChI is InChI=1S/C21H28N2O5S2/c1-16-14-17(2)21(18(3)15-16)30(27,28)23-12-10-20(24)22-11-7-13-29(25,26)19-8-5-4-6-9-19/h4-6,8-9,14-15,23H,7,10-13H2,1-3H3,(H,22,24). The zero-order valence-corrected chi connectivity index (χ0v) is 19.1. The molecule has 0 saturated heterocycles. The number of hydrogen-bond acceptors (Lipinski definition) is 5. The Bertz CT molecular complexity index is 1070. The van der Waals surface area contributed by atoms with Crippen LogP contribution in [0.3, 0.4) is 0 Å². The minimum absolute atomic E-state index is 0.0331. The zero-order chi connectivity index (χ0) is 22.4. The summed E-state index contributed by atoms with van der Waals surface area (Å²) < 4.78 is 51.9. The van der Waals surface area contributed by atoms with Crippen LogP contribution in [0.25, 0.3) is 0 Å². The highest BCUT2D eigenvalue weighted by Crippen LogP contribution is 2.21. The minimum atomic E-state index is -3.72. The molecule has 0 aliphatic heterocycles. The van der Waals surface area contributed by atoms with Gasteiger partial charge in [0.2, 0.25) is 15.9 Å². The predicted molar refractivity (Wildman–Crippen MR) is 117 cm³/mol. The topological polar surface area (TPSA) is 109 Å². The van der Waals surface area contributed by atoms with Crippen LogP contribution in [-0.2, 0) is 24.7 Å². The summed E-state index contributed by atoms with van der Waals surface area (Å²) in [4.78, 5) is 12.4. The van der Waals surface area contributed by atoms with Gasteiger partial charge in [-0.15, -0.1) is 0 Å². The van der Waals surface area contributed by atoms with Gasteiger partial charge in [-0.05, 0) is 50.5 Å². The molecular formula is C21H28N2O5S2. The van der Waals surface area contributed by atoms with Crippen LogP contribution < -0.4 is 10.0 Å². The maximum Gasteiger partial charge on any atom is 0.241 e. The van der Waals surface area contributed by atoms with E-state index >= 15 is 0 Å². The molecule has 7 nitrogen and oxygen atoms in total. The first-order valence-electron chi connectivity index (χ1n) is 9.65. The Balaban J connectivity index is 1.78. The van der Waals surface area contributed by atoms with Crippen LogP contribution in [0, 0.1) is 20.8 Å². The van der Waals surface area contributed by atoms with E-state index in [1.165, 1.54) is 12.1 Å². The Morgan fingerprint density at radius 2 is 1.50 bits per heavy atom. The number of aryl methyl sites for hydroxylation is 3. The molecule has 9 heteroatoms. The number of nitrogens with one attached hydrogen (secondary N) is 2. The minimum Gasteiger partial charge on any atom is -0.356 e. The van der Waals surface area contributed by atoms with E-state index in [4.69, 9.17) is 0 Å². The van der Waals surface area contributed by atoms with Crippen molar-refractivity contribution in [1.29, 1.82) is 0 Å². The monoisotopic (exact) mass is 452 g/mol. The Kier molecular flexibility index (Phi) is 8.17. The van der Waals surface area contributed by atoms with Crippen LogP contribution in [0.2, 0.25) is 0 Å². The first kappa shape index (κ1) is 24.0. The summed E-state index contributed by atoms with van der Waals surface area (Å²) in [6.07, 6.45) is 0.241. The molecule has 0 saturated carbocycles. The van der Waals surface area contributed by atoms with E-state index in [1.54, 1.807) is 44.2 Å². The number of rotatable bonds is 10. The third-order valence-corrected chi connectivity index (χ3v) is 8.11. The summed E-state index contributed by atoms with van der Waals surface area (Å²) >= 11 is 0. The molecule has 30 heavy (non-hydrogen) atoms. The van der Waals surface area contributed by atoms with E-state index in [2.05, 4.69) is 10.0 Å². The number of sulfonamides is 1. The fourth-order valence-electron chi connectivity index (χ4n) is 3.29. The van der Waals surface area contributed by atoms with E-state index in [0.717, 1.165) is 5.56 Å².